The van der Waals surface area contributed by atoms with Crippen LogP contribution in [-0.4, -0.2) is 10.1 Å². The van der Waals surface area contributed by atoms with Gasteiger partial charge < -0.3 is 0 Å². The molecule has 0 aliphatic carbocycles. The Morgan fingerprint density at radius 1 is 1.75 bits per heavy atom. The van der Waals surface area contributed by atoms with E-state index < -0.39 is 4.92 Å². The van der Waals surface area contributed by atoms with Crippen LogP contribution < -0.4 is 4.73 Å². The Kier molecular flexibility index (Phi) is 2.14. The fourth-order valence-corrected chi connectivity index (χ4v) is 0.953. The van der Waals surface area contributed by atoms with Gasteiger partial charge in [0.2, 0.25) is 6.20 Å². The zero-order valence-electron chi connectivity index (χ0n) is 6.19. The Balaban J connectivity index is 3.33. The quantitative estimate of drug-likeness (QED) is 0.236. The molecule has 0 amide bonds. The van der Waals surface area contributed by atoms with E-state index in [1.165, 1.54) is 13.1 Å². The average molecular weight is 190 g/mol. The van der Waals surface area contributed by atoms with Gasteiger partial charge >= 0.3 is 5.15 Å². The Labute approximate surface area is 72.9 Å². The number of halogens is 1. The van der Waals surface area contributed by atoms with Crippen LogP contribution >= 0.6 is 11.6 Å². The van der Waals surface area contributed by atoms with Gasteiger partial charge in [-0.3, -0.25) is 15.3 Å². The fraction of sp³-hybridized carbons (Fsp3) is 0.167. The third-order valence-corrected chi connectivity index (χ3v) is 1.67. The zero-order chi connectivity index (χ0) is 9.30. The molecule has 1 rings (SSSR count). The summed E-state index contributed by atoms with van der Waals surface area (Å²) in [6.07, 6.45) is 1.18. The van der Waals surface area contributed by atoms with Crippen LogP contribution in [0.5, 0.6) is 0 Å². The van der Waals surface area contributed by atoms with Crippen LogP contribution in [-0.2, 0) is 0 Å². The van der Waals surface area contributed by atoms with Crippen molar-refractivity contribution in [1.82, 2.24) is 0 Å². The van der Waals surface area contributed by atoms with Crippen LogP contribution in [0.4, 0.5) is 5.69 Å². The van der Waals surface area contributed by atoms with E-state index >= 15 is 0 Å². The minimum absolute atomic E-state index is 0.0905. The number of aryl methyl sites for hydroxylation is 1. The largest absolute Gasteiger partial charge is 0.331 e. The number of rotatable bonds is 1. The molecule has 0 radical (unpaired) electrons. The summed E-state index contributed by atoms with van der Waals surface area (Å²) in [5.41, 5.74) is 0.247. The van der Waals surface area contributed by atoms with Crippen molar-refractivity contribution in [1.29, 1.82) is 0 Å². The maximum atomic E-state index is 10.3. The Bertz CT molecular complexity index is 340. The molecule has 5 nitrogen and oxygen atoms in total. The summed E-state index contributed by atoms with van der Waals surface area (Å²) in [5.74, 6) is 0. The summed E-state index contributed by atoms with van der Waals surface area (Å²) in [5, 5.41) is 19.2. The Morgan fingerprint density at radius 2 is 2.33 bits per heavy atom. The van der Waals surface area contributed by atoms with Crippen molar-refractivity contribution in [2.45, 2.75) is 6.92 Å². The van der Waals surface area contributed by atoms with Crippen LogP contribution in [0.1, 0.15) is 5.56 Å². The van der Waals surface area contributed by atoms with Gasteiger partial charge in [-0.15, -0.1) is 0 Å². The van der Waals surface area contributed by atoms with Crippen LogP contribution in [0.25, 0.3) is 0 Å². The minimum atomic E-state index is -0.554. The second-order valence-corrected chi connectivity index (χ2v) is 2.65. The Hall–Kier alpha value is -1.36. The Morgan fingerprint density at radius 3 is 2.83 bits per heavy atom. The highest BCUT2D eigenvalue weighted by atomic mass is 35.5. The first-order valence-corrected chi connectivity index (χ1v) is 3.45. The molecule has 0 bridgehead atoms. The SMILES string of the molecule is Cc1c[n+](O)c(Cl)cc1[N+](=O)[O-]. The molecule has 0 aliphatic rings. The van der Waals surface area contributed by atoms with Crippen molar-refractivity contribution in [2.75, 3.05) is 0 Å². The normalized spacial score (nSPS) is 9.83. The maximum Gasteiger partial charge on any atom is 0.331 e. The summed E-state index contributed by atoms with van der Waals surface area (Å²) in [6.45, 7) is 1.52. The van der Waals surface area contributed by atoms with Gasteiger partial charge in [0.05, 0.1) is 10.5 Å². The summed E-state index contributed by atoms with van der Waals surface area (Å²) in [4.78, 5) is 9.79. The molecule has 0 atom stereocenters. The molecule has 12 heavy (non-hydrogen) atoms. The van der Waals surface area contributed by atoms with Gasteiger partial charge in [0.1, 0.15) is 6.07 Å². The number of nitrogens with zero attached hydrogens (tertiary/aromatic N) is 2. The standard InChI is InChI=1S/C6H6ClN2O3/c1-4-3-8(10)6(7)2-5(4)9(11)12/h2-3,10H,1H3/q+1. The molecule has 64 valence electrons. The molecule has 0 saturated heterocycles. The first kappa shape index (κ1) is 8.73. The van der Waals surface area contributed by atoms with Crippen molar-refractivity contribution in [3.63, 3.8) is 0 Å². The number of hydrogen-bond acceptors (Lipinski definition) is 3. The lowest BCUT2D eigenvalue weighted by Gasteiger charge is -1.93. The van der Waals surface area contributed by atoms with Gasteiger partial charge in [0.25, 0.3) is 5.69 Å². The molecular weight excluding hydrogens is 184 g/mol. The highest BCUT2D eigenvalue weighted by Crippen LogP contribution is 2.17. The smallest absolute Gasteiger partial charge is 0.284 e. The zero-order valence-corrected chi connectivity index (χ0v) is 6.95. The molecule has 0 fully saturated rings. The van der Waals surface area contributed by atoms with Gasteiger partial charge in [-0.2, -0.15) is 0 Å². The average Bonchev–Trinajstić information content (AvgIpc) is 1.96. The molecule has 1 aromatic heterocycles. The van der Waals surface area contributed by atoms with Gasteiger partial charge in [-0.25, -0.2) is 0 Å². The number of pyridine rings is 1. The van der Waals surface area contributed by atoms with E-state index in [2.05, 4.69) is 0 Å². The molecule has 0 aromatic carbocycles. The summed E-state index contributed by atoms with van der Waals surface area (Å²) in [6, 6.07) is 1.09. The fourth-order valence-electron chi connectivity index (χ4n) is 0.801. The van der Waals surface area contributed by atoms with E-state index in [0.717, 1.165) is 6.07 Å². The molecule has 6 heteroatoms. The number of aromatic nitrogens is 1. The summed E-state index contributed by atoms with van der Waals surface area (Å²) >= 11 is 5.44. The monoisotopic (exact) mass is 189 g/mol. The van der Waals surface area contributed by atoms with E-state index in [-0.39, 0.29) is 10.8 Å². The van der Waals surface area contributed by atoms with Gasteiger partial charge in [-0.05, 0) is 18.5 Å². The van der Waals surface area contributed by atoms with Crippen molar-refractivity contribution in [3.05, 3.63) is 33.1 Å². The van der Waals surface area contributed by atoms with E-state index in [1.807, 2.05) is 0 Å². The van der Waals surface area contributed by atoms with Crippen LogP contribution in [0, 0.1) is 17.0 Å². The summed E-state index contributed by atoms with van der Waals surface area (Å²) in [7, 11) is 0. The van der Waals surface area contributed by atoms with E-state index in [9.17, 15) is 10.1 Å². The topological polar surface area (TPSA) is 67.2 Å². The molecule has 1 heterocycles. The van der Waals surface area contributed by atoms with Crippen molar-refractivity contribution in [3.8, 4) is 0 Å². The molecule has 0 spiro atoms. The number of hydrogen-bond donors (Lipinski definition) is 1. The van der Waals surface area contributed by atoms with Crippen molar-refractivity contribution in [2.24, 2.45) is 0 Å². The van der Waals surface area contributed by atoms with E-state index in [1.54, 1.807) is 0 Å². The van der Waals surface area contributed by atoms with Gasteiger partial charge in [0, 0.05) is 4.73 Å². The lowest BCUT2D eigenvalue weighted by Crippen LogP contribution is -2.31. The first-order valence-electron chi connectivity index (χ1n) is 3.08. The second kappa shape index (κ2) is 2.94. The highest BCUT2D eigenvalue weighted by molar-refractivity contribution is 6.28. The third kappa shape index (κ3) is 1.45. The molecule has 1 aromatic rings. The lowest BCUT2D eigenvalue weighted by atomic mass is 10.3. The molecule has 0 saturated carbocycles. The molecular formula is C6H6ClN2O3+. The summed E-state index contributed by atoms with van der Waals surface area (Å²) < 4.78 is 0.629. The highest BCUT2D eigenvalue weighted by Gasteiger charge is 2.19. The van der Waals surface area contributed by atoms with E-state index in [0.29, 0.717) is 10.3 Å². The van der Waals surface area contributed by atoms with Crippen LogP contribution in [0.2, 0.25) is 5.15 Å². The molecule has 0 unspecified atom stereocenters. The van der Waals surface area contributed by atoms with Crippen LogP contribution in [0.15, 0.2) is 12.3 Å². The lowest BCUT2D eigenvalue weighted by molar-refractivity contribution is -0.903. The minimum Gasteiger partial charge on any atom is -0.284 e. The maximum absolute atomic E-state index is 10.3. The second-order valence-electron chi connectivity index (χ2n) is 2.27. The third-order valence-electron chi connectivity index (χ3n) is 1.39. The van der Waals surface area contributed by atoms with E-state index in [4.69, 9.17) is 16.8 Å². The first-order chi connectivity index (χ1) is 5.52. The van der Waals surface area contributed by atoms with Crippen molar-refractivity contribution >= 4 is 17.3 Å². The van der Waals surface area contributed by atoms with Gasteiger partial charge in [0.15, 0.2) is 0 Å². The predicted octanol–water partition coefficient (Wildman–Crippen LogP) is 1.08. The van der Waals surface area contributed by atoms with Crippen LogP contribution in [0.3, 0.4) is 0 Å². The van der Waals surface area contributed by atoms with Crippen molar-refractivity contribution < 1.29 is 14.9 Å². The predicted molar refractivity (Wildman–Crippen MR) is 40.2 cm³/mol. The molecule has 0 aliphatic heterocycles. The molecule has 1 N–H and O–H groups in total. The number of nitro groups is 1. The van der Waals surface area contributed by atoms with Gasteiger partial charge in [-0.1, -0.05) is 0 Å².